The summed E-state index contributed by atoms with van der Waals surface area (Å²) in [6.45, 7) is 6.60. The van der Waals surface area contributed by atoms with E-state index in [2.05, 4.69) is 27.2 Å². The summed E-state index contributed by atoms with van der Waals surface area (Å²) in [5, 5.41) is 10.0. The molecule has 1 fully saturated rings. The van der Waals surface area contributed by atoms with Crippen LogP contribution in [0.3, 0.4) is 0 Å². The zero-order chi connectivity index (χ0) is 20.8. The Morgan fingerprint density at radius 2 is 2.13 bits per heavy atom. The van der Waals surface area contributed by atoms with Gasteiger partial charge in [0.25, 0.3) is 5.91 Å². The van der Waals surface area contributed by atoms with Crippen LogP contribution in [0, 0.1) is 5.92 Å². The molecule has 4 rings (SSSR count). The van der Waals surface area contributed by atoms with E-state index >= 15 is 0 Å². The standard InChI is InChI=1S/C23H29N5OS/c1-18-8-7-13-27(15-18)12-6-5-11-24-22(29)21-17-30-23(26-21)19-14-25-28(16-19)20-9-3-2-4-10-20/h2-4,9-10,14,16-18H,5-8,11-13,15H2,1H3,(H,24,29)/t18-/m1/s1. The van der Waals surface area contributed by atoms with Gasteiger partial charge in [-0.25, -0.2) is 9.67 Å². The molecule has 1 atom stereocenters. The highest BCUT2D eigenvalue weighted by Gasteiger charge is 2.16. The SMILES string of the molecule is C[C@@H]1CCCN(CCCCNC(=O)c2csc(-c3cnn(-c4ccccc4)c3)n2)C1. The van der Waals surface area contributed by atoms with Gasteiger partial charge in [-0.05, 0) is 56.8 Å². The maximum atomic E-state index is 12.4. The molecule has 158 valence electrons. The lowest BCUT2D eigenvalue weighted by atomic mass is 10.0. The molecule has 3 heterocycles. The number of rotatable bonds is 8. The van der Waals surface area contributed by atoms with Crippen LogP contribution in [0.1, 0.15) is 43.1 Å². The van der Waals surface area contributed by atoms with Crippen LogP contribution >= 0.6 is 11.3 Å². The predicted octanol–water partition coefficient (Wildman–Crippen LogP) is 4.24. The van der Waals surface area contributed by atoms with Crippen molar-refractivity contribution in [3.8, 4) is 16.3 Å². The molecule has 1 aliphatic rings. The van der Waals surface area contributed by atoms with Crippen molar-refractivity contribution in [3.63, 3.8) is 0 Å². The van der Waals surface area contributed by atoms with Crippen LogP contribution in [0.2, 0.25) is 0 Å². The maximum Gasteiger partial charge on any atom is 0.270 e. The highest BCUT2D eigenvalue weighted by atomic mass is 32.1. The van der Waals surface area contributed by atoms with Crippen LogP contribution in [0.25, 0.3) is 16.3 Å². The molecule has 6 nitrogen and oxygen atoms in total. The average Bonchev–Trinajstić information content (AvgIpc) is 3.44. The number of piperidine rings is 1. The number of hydrogen-bond donors (Lipinski definition) is 1. The maximum absolute atomic E-state index is 12.4. The molecule has 2 aromatic heterocycles. The molecule has 1 aromatic carbocycles. The predicted molar refractivity (Wildman–Crippen MR) is 121 cm³/mol. The molecule has 0 saturated carbocycles. The molecule has 1 saturated heterocycles. The third kappa shape index (κ3) is 5.34. The van der Waals surface area contributed by atoms with Crippen LogP contribution in [0.15, 0.2) is 48.1 Å². The average molecular weight is 424 g/mol. The number of aromatic nitrogens is 3. The first-order valence-corrected chi connectivity index (χ1v) is 11.6. The van der Waals surface area contributed by atoms with Crippen molar-refractivity contribution in [1.29, 1.82) is 0 Å². The summed E-state index contributed by atoms with van der Waals surface area (Å²) < 4.78 is 1.82. The molecule has 0 unspecified atom stereocenters. The molecular weight excluding hydrogens is 394 g/mol. The molecule has 3 aromatic rings. The van der Waals surface area contributed by atoms with Crippen molar-refractivity contribution < 1.29 is 4.79 Å². The Kier molecular flexibility index (Phi) is 6.92. The number of carbonyl (C=O) groups is 1. The highest BCUT2D eigenvalue weighted by molar-refractivity contribution is 7.13. The first kappa shape index (κ1) is 20.8. The van der Waals surface area contributed by atoms with Crippen molar-refractivity contribution >= 4 is 17.2 Å². The summed E-state index contributed by atoms with van der Waals surface area (Å²) in [6, 6.07) is 9.95. The van der Waals surface area contributed by atoms with Gasteiger partial charge in [0.1, 0.15) is 10.7 Å². The van der Waals surface area contributed by atoms with Crippen molar-refractivity contribution in [2.24, 2.45) is 5.92 Å². The number of benzene rings is 1. The van der Waals surface area contributed by atoms with Gasteiger partial charge in [-0.3, -0.25) is 4.79 Å². The van der Waals surface area contributed by atoms with E-state index in [-0.39, 0.29) is 5.91 Å². The highest BCUT2D eigenvalue weighted by Crippen LogP contribution is 2.24. The molecule has 0 spiro atoms. The summed E-state index contributed by atoms with van der Waals surface area (Å²) in [4.78, 5) is 19.5. The third-order valence-corrected chi connectivity index (χ3v) is 6.41. The van der Waals surface area contributed by atoms with Crippen molar-refractivity contribution in [2.75, 3.05) is 26.2 Å². The largest absolute Gasteiger partial charge is 0.351 e. The Morgan fingerprint density at radius 3 is 2.97 bits per heavy atom. The van der Waals surface area contributed by atoms with Gasteiger partial charge in [0.2, 0.25) is 0 Å². The van der Waals surface area contributed by atoms with Crippen LogP contribution in [0.4, 0.5) is 0 Å². The minimum Gasteiger partial charge on any atom is -0.351 e. The van der Waals surface area contributed by atoms with Crippen LogP contribution in [-0.4, -0.2) is 51.8 Å². The molecule has 7 heteroatoms. The van der Waals surface area contributed by atoms with E-state index in [1.165, 1.54) is 37.3 Å². The number of amides is 1. The summed E-state index contributed by atoms with van der Waals surface area (Å²) >= 11 is 1.47. The van der Waals surface area contributed by atoms with Crippen LogP contribution in [-0.2, 0) is 0 Å². The van der Waals surface area contributed by atoms with Gasteiger partial charge in [-0.15, -0.1) is 11.3 Å². The Bertz CT molecular complexity index is 951. The summed E-state index contributed by atoms with van der Waals surface area (Å²) in [6.07, 6.45) is 8.52. The van der Waals surface area contributed by atoms with E-state index in [0.29, 0.717) is 12.2 Å². The number of likely N-dealkylation sites (tertiary alicyclic amines) is 1. The lowest BCUT2D eigenvalue weighted by Crippen LogP contribution is -2.35. The van der Waals surface area contributed by atoms with Gasteiger partial charge in [0.15, 0.2) is 0 Å². The number of nitrogens with zero attached hydrogens (tertiary/aromatic N) is 4. The van der Waals surface area contributed by atoms with E-state index in [0.717, 1.165) is 41.6 Å². The first-order valence-electron chi connectivity index (χ1n) is 10.8. The smallest absolute Gasteiger partial charge is 0.270 e. The fourth-order valence-electron chi connectivity index (χ4n) is 3.91. The molecule has 30 heavy (non-hydrogen) atoms. The van der Waals surface area contributed by atoms with E-state index in [1.807, 2.05) is 46.6 Å². The topological polar surface area (TPSA) is 63.1 Å². The molecule has 0 radical (unpaired) electrons. The molecular formula is C23H29N5OS. The lowest BCUT2D eigenvalue weighted by molar-refractivity contribution is 0.0948. The quantitative estimate of drug-likeness (QED) is 0.551. The second kappa shape index (κ2) is 10.00. The zero-order valence-electron chi connectivity index (χ0n) is 17.5. The van der Waals surface area contributed by atoms with Gasteiger partial charge in [0.05, 0.1) is 11.9 Å². The van der Waals surface area contributed by atoms with E-state index in [9.17, 15) is 4.79 Å². The van der Waals surface area contributed by atoms with Crippen LogP contribution in [0.5, 0.6) is 0 Å². The van der Waals surface area contributed by atoms with Crippen LogP contribution < -0.4 is 5.32 Å². The Hall–Kier alpha value is -2.51. The molecule has 0 aliphatic carbocycles. The second-order valence-corrected chi connectivity index (χ2v) is 8.92. The Morgan fingerprint density at radius 1 is 1.27 bits per heavy atom. The molecule has 0 bridgehead atoms. The minimum absolute atomic E-state index is 0.0976. The lowest BCUT2D eigenvalue weighted by Gasteiger charge is -2.30. The summed E-state index contributed by atoms with van der Waals surface area (Å²) in [7, 11) is 0. The number of carbonyl (C=O) groups excluding carboxylic acids is 1. The number of hydrogen-bond acceptors (Lipinski definition) is 5. The van der Waals surface area contributed by atoms with Gasteiger partial charge in [0, 0.05) is 30.2 Å². The Balaban J connectivity index is 1.24. The molecule has 1 aliphatic heterocycles. The number of thiazole rings is 1. The molecule has 1 amide bonds. The minimum atomic E-state index is -0.0976. The summed E-state index contributed by atoms with van der Waals surface area (Å²) in [5.41, 5.74) is 2.39. The van der Waals surface area contributed by atoms with Crippen molar-refractivity contribution in [2.45, 2.75) is 32.6 Å². The van der Waals surface area contributed by atoms with Crippen molar-refractivity contribution in [1.82, 2.24) is 25.0 Å². The van der Waals surface area contributed by atoms with Crippen molar-refractivity contribution in [3.05, 3.63) is 53.8 Å². The van der Waals surface area contributed by atoms with E-state index < -0.39 is 0 Å². The monoisotopic (exact) mass is 423 g/mol. The number of unbranched alkanes of at least 4 members (excludes halogenated alkanes) is 1. The van der Waals surface area contributed by atoms with Gasteiger partial charge in [-0.1, -0.05) is 25.1 Å². The van der Waals surface area contributed by atoms with Gasteiger partial charge in [-0.2, -0.15) is 5.10 Å². The first-order chi connectivity index (χ1) is 14.7. The number of para-hydroxylation sites is 1. The van der Waals surface area contributed by atoms with Gasteiger partial charge < -0.3 is 10.2 Å². The third-order valence-electron chi connectivity index (χ3n) is 5.51. The fraction of sp³-hybridized carbons (Fsp3) is 0.435. The second-order valence-electron chi connectivity index (χ2n) is 8.06. The fourth-order valence-corrected chi connectivity index (χ4v) is 4.68. The molecule has 1 N–H and O–H groups in total. The summed E-state index contributed by atoms with van der Waals surface area (Å²) in [5.74, 6) is 0.719. The number of nitrogens with one attached hydrogen (secondary N) is 1. The normalized spacial score (nSPS) is 17.2. The zero-order valence-corrected chi connectivity index (χ0v) is 18.3. The van der Waals surface area contributed by atoms with Gasteiger partial charge >= 0.3 is 0 Å². The van der Waals surface area contributed by atoms with E-state index in [1.54, 1.807) is 6.20 Å². The van der Waals surface area contributed by atoms with E-state index in [4.69, 9.17) is 0 Å². The Labute approximate surface area is 181 Å².